The molecule has 0 bridgehead atoms. The molecule has 5 nitrogen and oxygen atoms in total. The normalized spacial score (nSPS) is 16.2. The van der Waals surface area contributed by atoms with E-state index in [9.17, 15) is 4.79 Å². The second-order valence-corrected chi connectivity index (χ2v) is 8.13. The minimum Gasteiger partial charge on any atom is -0.477 e. The third-order valence-electron chi connectivity index (χ3n) is 5.76. The molecule has 0 spiro atoms. The summed E-state index contributed by atoms with van der Waals surface area (Å²) in [6, 6.07) is 24.1. The molecule has 2 aromatic carbocycles. The predicted molar refractivity (Wildman–Crippen MR) is 120 cm³/mol. The Morgan fingerprint density at radius 1 is 1.00 bits per heavy atom. The Balaban J connectivity index is 1.39. The lowest BCUT2D eigenvalue weighted by Gasteiger charge is -2.34. The standard InChI is InChI=1S/C26H28N2O3/c1-19-10-12-21(13-11-19)25(20-6-3-2-4-7-20)31-23-14-16-28(17-15-23)18-22-8-5-9-24(27-22)26(29)30/h2-13,23,25H,14-18H2,1H3,(H,29,30). The highest BCUT2D eigenvalue weighted by Crippen LogP contribution is 2.30. The summed E-state index contributed by atoms with van der Waals surface area (Å²) in [5.41, 5.74) is 4.47. The number of carbonyl (C=O) groups is 1. The van der Waals surface area contributed by atoms with Crippen molar-refractivity contribution in [1.82, 2.24) is 9.88 Å². The molecule has 5 heteroatoms. The second-order valence-electron chi connectivity index (χ2n) is 8.13. The van der Waals surface area contributed by atoms with E-state index in [0.717, 1.165) is 31.6 Å². The molecule has 1 unspecified atom stereocenters. The van der Waals surface area contributed by atoms with Crippen molar-refractivity contribution in [3.63, 3.8) is 0 Å². The van der Waals surface area contributed by atoms with E-state index in [-0.39, 0.29) is 17.9 Å². The number of aromatic carboxylic acids is 1. The van der Waals surface area contributed by atoms with E-state index in [0.29, 0.717) is 6.54 Å². The van der Waals surface area contributed by atoms with Crippen molar-refractivity contribution in [2.45, 2.75) is 38.5 Å². The maximum atomic E-state index is 11.2. The topological polar surface area (TPSA) is 62.7 Å². The largest absolute Gasteiger partial charge is 0.477 e. The molecule has 1 saturated heterocycles. The predicted octanol–water partition coefficient (Wildman–Crippen LogP) is 4.86. The monoisotopic (exact) mass is 416 g/mol. The highest BCUT2D eigenvalue weighted by atomic mass is 16.5. The van der Waals surface area contributed by atoms with E-state index >= 15 is 0 Å². The van der Waals surface area contributed by atoms with Crippen molar-refractivity contribution in [2.24, 2.45) is 0 Å². The smallest absolute Gasteiger partial charge is 0.354 e. The van der Waals surface area contributed by atoms with Crippen LogP contribution in [0.15, 0.2) is 72.8 Å². The fourth-order valence-corrected chi connectivity index (χ4v) is 4.03. The van der Waals surface area contributed by atoms with Crippen LogP contribution >= 0.6 is 0 Å². The van der Waals surface area contributed by atoms with Crippen LogP contribution in [0.3, 0.4) is 0 Å². The van der Waals surface area contributed by atoms with Gasteiger partial charge in [-0.15, -0.1) is 0 Å². The number of likely N-dealkylation sites (tertiary alicyclic amines) is 1. The van der Waals surface area contributed by atoms with Crippen molar-refractivity contribution in [1.29, 1.82) is 0 Å². The molecule has 1 atom stereocenters. The Morgan fingerprint density at radius 3 is 2.35 bits per heavy atom. The highest BCUT2D eigenvalue weighted by molar-refractivity contribution is 5.85. The van der Waals surface area contributed by atoms with Gasteiger partial charge in [-0.25, -0.2) is 9.78 Å². The minimum atomic E-state index is -0.989. The van der Waals surface area contributed by atoms with E-state index in [4.69, 9.17) is 9.84 Å². The lowest BCUT2D eigenvalue weighted by atomic mass is 9.99. The number of nitrogens with zero attached hydrogens (tertiary/aromatic N) is 2. The van der Waals surface area contributed by atoms with Gasteiger partial charge in [-0.05, 0) is 43.0 Å². The maximum absolute atomic E-state index is 11.2. The van der Waals surface area contributed by atoms with Gasteiger partial charge in [-0.3, -0.25) is 4.90 Å². The van der Waals surface area contributed by atoms with Gasteiger partial charge in [-0.2, -0.15) is 0 Å². The number of carboxylic acids is 1. The Morgan fingerprint density at radius 2 is 1.68 bits per heavy atom. The number of pyridine rings is 1. The van der Waals surface area contributed by atoms with Crippen LogP contribution in [0.25, 0.3) is 0 Å². The first kappa shape index (κ1) is 21.2. The Labute approximate surface area is 183 Å². The lowest BCUT2D eigenvalue weighted by Crippen LogP contribution is -2.37. The molecule has 1 N–H and O–H groups in total. The van der Waals surface area contributed by atoms with Crippen molar-refractivity contribution in [2.75, 3.05) is 13.1 Å². The number of hydrogen-bond acceptors (Lipinski definition) is 4. The van der Waals surface area contributed by atoms with Crippen molar-refractivity contribution < 1.29 is 14.6 Å². The first-order chi connectivity index (χ1) is 15.1. The van der Waals surface area contributed by atoms with Gasteiger partial charge >= 0.3 is 5.97 Å². The number of ether oxygens (including phenoxy) is 1. The molecule has 3 aromatic rings. The molecular weight excluding hydrogens is 388 g/mol. The Bertz CT molecular complexity index is 997. The van der Waals surface area contributed by atoms with E-state index in [2.05, 4.69) is 65.3 Å². The van der Waals surface area contributed by atoms with Gasteiger partial charge in [0, 0.05) is 19.6 Å². The molecule has 0 aliphatic carbocycles. The van der Waals surface area contributed by atoms with Gasteiger partial charge in [0.05, 0.1) is 11.8 Å². The van der Waals surface area contributed by atoms with Crippen LogP contribution in [-0.4, -0.2) is 40.2 Å². The zero-order valence-electron chi connectivity index (χ0n) is 17.8. The summed E-state index contributed by atoms with van der Waals surface area (Å²) in [4.78, 5) is 17.7. The third kappa shape index (κ3) is 5.57. The Kier molecular flexibility index (Phi) is 6.75. The molecule has 2 heterocycles. The molecule has 4 rings (SSSR count). The van der Waals surface area contributed by atoms with Gasteiger partial charge in [-0.1, -0.05) is 66.2 Å². The molecular formula is C26H28N2O3. The molecule has 0 amide bonds. The zero-order valence-corrected chi connectivity index (χ0v) is 17.8. The van der Waals surface area contributed by atoms with Gasteiger partial charge in [0.2, 0.25) is 0 Å². The van der Waals surface area contributed by atoms with Gasteiger partial charge in [0.1, 0.15) is 11.8 Å². The van der Waals surface area contributed by atoms with Crippen LogP contribution in [0.5, 0.6) is 0 Å². The summed E-state index contributed by atoms with van der Waals surface area (Å²) in [6.07, 6.45) is 1.98. The fraction of sp³-hybridized carbons (Fsp3) is 0.308. The molecule has 1 aliphatic heterocycles. The van der Waals surface area contributed by atoms with E-state index in [1.54, 1.807) is 6.07 Å². The summed E-state index contributed by atoms with van der Waals surface area (Å²) in [5, 5.41) is 9.14. The number of aryl methyl sites for hydroxylation is 1. The minimum absolute atomic E-state index is 0.0766. The molecule has 0 saturated carbocycles. The first-order valence-electron chi connectivity index (χ1n) is 10.8. The molecule has 1 aliphatic rings. The second kappa shape index (κ2) is 9.86. The number of aromatic nitrogens is 1. The molecule has 0 radical (unpaired) electrons. The van der Waals surface area contributed by atoms with Crippen LogP contribution in [0.4, 0.5) is 0 Å². The van der Waals surface area contributed by atoms with E-state index in [1.807, 2.05) is 12.1 Å². The number of hydrogen-bond donors (Lipinski definition) is 1. The van der Waals surface area contributed by atoms with Gasteiger partial charge in [0.25, 0.3) is 0 Å². The maximum Gasteiger partial charge on any atom is 0.354 e. The van der Waals surface area contributed by atoms with Crippen LogP contribution in [-0.2, 0) is 11.3 Å². The van der Waals surface area contributed by atoms with Crippen LogP contribution in [0.2, 0.25) is 0 Å². The van der Waals surface area contributed by atoms with Crippen molar-refractivity contribution in [3.05, 3.63) is 101 Å². The van der Waals surface area contributed by atoms with Crippen LogP contribution in [0, 0.1) is 6.92 Å². The average Bonchev–Trinajstić information content (AvgIpc) is 2.80. The zero-order chi connectivity index (χ0) is 21.6. The fourth-order valence-electron chi connectivity index (χ4n) is 4.03. The van der Waals surface area contributed by atoms with Crippen molar-refractivity contribution >= 4 is 5.97 Å². The van der Waals surface area contributed by atoms with Crippen LogP contribution < -0.4 is 0 Å². The quantitative estimate of drug-likeness (QED) is 0.596. The van der Waals surface area contributed by atoms with E-state index < -0.39 is 5.97 Å². The Hall–Kier alpha value is -3.02. The highest BCUT2D eigenvalue weighted by Gasteiger charge is 2.25. The van der Waals surface area contributed by atoms with Gasteiger partial charge in [0.15, 0.2) is 0 Å². The van der Waals surface area contributed by atoms with Gasteiger partial charge < -0.3 is 9.84 Å². The van der Waals surface area contributed by atoms with Crippen LogP contribution in [0.1, 0.15) is 51.8 Å². The lowest BCUT2D eigenvalue weighted by molar-refractivity contribution is -0.0283. The molecule has 31 heavy (non-hydrogen) atoms. The average molecular weight is 417 g/mol. The first-order valence-corrected chi connectivity index (χ1v) is 10.8. The summed E-state index contributed by atoms with van der Waals surface area (Å²) in [7, 11) is 0. The number of carboxylic acid groups (broad SMARTS) is 1. The molecule has 160 valence electrons. The number of rotatable bonds is 7. The molecule has 1 aromatic heterocycles. The van der Waals surface area contributed by atoms with E-state index in [1.165, 1.54) is 22.8 Å². The number of piperidine rings is 1. The summed E-state index contributed by atoms with van der Waals surface area (Å²) >= 11 is 0. The summed E-state index contributed by atoms with van der Waals surface area (Å²) in [6.45, 7) is 4.56. The summed E-state index contributed by atoms with van der Waals surface area (Å²) in [5.74, 6) is -0.989. The number of benzene rings is 2. The van der Waals surface area contributed by atoms with Crippen molar-refractivity contribution in [3.8, 4) is 0 Å². The third-order valence-corrected chi connectivity index (χ3v) is 5.76. The SMILES string of the molecule is Cc1ccc(C(OC2CCN(Cc3cccc(C(=O)O)n3)CC2)c2ccccc2)cc1. The molecule has 1 fully saturated rings. The summed E-state index contributed by atoms with van der Waals surface area (Å²) < 4.78 is 6.63.